The van der Waals surface area contributed by atoms with Crippen LogP contribution in [-0.4, -0.2) is 64.6 Å². The fourth-order valence-electron chi connectivity index (χ4n) is 4.19. The van der Waals surface area contributed by atoms with Crippen molar-refractivity contribution in [2.75, 3.05) is 54.8 Å². The SMILES string of the molecule is CCN(C(=O)CN1CCN(c2ccc(Cl)cn2)CC1)c1c(N)n(Cc2ccccc2)c(=O)[nH]c1=O. The number of anilines is 3. The van der Waals surface area contributed by atoms with E-state index in [1.165, 1.54) is 9.47 Å². The summed E-state index contributed by atoms with van der Waals surface area (Å²) >= 11 is 5.92. The Hall–Kier alpha value is -3.63. The molecule has 10 nitrogen and oxygen atoms in total. The number of likely N-dealkylation sites (N-methyl/N-ethyl adjacent to an activating group) is 1. The van der Waals surface area contributed by atoms with E-state index in [1.807, 2.05) is 41.3 Å². The molecule has 0 saturated carbocycles. The highest BCUT2D eigenvalue weighted by atomic mass is 35.5. The van der Waals surface area contributed by atoms with Crippen molar-refractivity contribution in [3.05, 3.63) is 80.1 Å². The summed E-state index contributed by atoms with van der Waals surface area (Å²) in [6.07, 6.45) is 1.62. The van der Waals surface area contributed by atoms with Crippen LogP contribution >= 0.6 is 11.6 Å². The second-order valence-electron chi connectivity index (χ2n) is 8.30. The molecule has 1 aliphatic heterocycles. The summed E-state index contributed by atoms with van der Waals surface area (Å²) in [7, 11) is 0. The Morgan fingerprint density at radius 1 is 1.11 bits per heavy atom. The number of H-pyrrole nitrogens is 1. The molecule has 35 heavy (non-hydrogen) atoms. The van der Waals surface area contributed by atoms with Crippen molar-refractivity contribution in [2.45, 2.75) is 13.5 Å². The van der Waals surface area contributed by atoms with Gasteiger partial charge in [-0.1, -0.05) is 41.9 Å². The second kappa shape index (κ2) is 10.7. The Labute approximate surface area is 207 Å². The predicted molar refractivity (Wildman–Crippen MR) is 137 cm³/mol. The predicted octanol–water partition coefficient (Wildman–Crippen LogP) is 1.39. The van der Waals surface area contributed by atoms with Crippen LogP contribution in [0.3, 0.4) is 0 Å². The minimum Gasteiger partial charge on any atom is -0.383 e. The van der Waals surface area contributed by atoms with E-state index >= 15 is 0 Å². The third-order valence-corrected chi connectivity index (χ3v) is 6.28. The zero-order valence-electron chi connectivity index (χ0n) is 19.5. The van der Waals surface area contributed by atoms with E-state index in [0.29, 0.717) is 31.2 Å². The Balaban J connectivity index is 1.48. The normalized spacial score (nSPS) is 14.2. The second-order valence-corrected chi connectivity index (χ2v) is 8.74. The van der Waals surface area contributed by atoms with Crippen LogP contribution in [0.25, 0.3) is 0 Å². The number of rotatable bonds is 7. The number of hydrogen-bond donors (Lipinski definition) is 2. The van der Waals surface area contributed by atoms with Gasteiger partial charge >= 0.3 is 5.69 Å². The Kier molecular flexibility index (Phi) is 7.52. The van der Waals surface area contributed by atoms with Gasteiger partial charge in [0.25, 0.3) is 5.56 Å². The van der Waals surface area contributed by atoms with E-state index in [0.717, 1.165) is 11.4 Å². The largest absolute Gasteiger partial charge is 0.383 e. The van der Waals surface area contributed by atoms with Crippen molar-refractivity contribution in [3.8, 4) is 0 Å². The number of benzene rings is 1. The molecule has 0 unspecified atom stereocenters. The van der Waals surface area contributed by atoms with Crippen molar-refractivity contribution in [2.24, 2.45) is 0 Å². The highest BCUT2D eigenvalue weighted by molar-refractivity contribution is 6.30. The van der Waals surface area contributed by atoms with Crippen molar-refractivity contribution in [3.63, 3.8) is 0 Å². The van der Waals surface area contributed by atoms with Crippen LogP contribution in [0.2, 0.25) is 5.02 Å². The minimum absolute atomic E-state index is 0.00275. The van der Waals surface area contributed by atoms with Gasteiger partial charge in [0.2, 0.25) is 5.91 Å². The summed E-state index contributed by atoms with van der Waals surface area (Å²) in [5, 5.41) is 0.585. The summed E-state index contributed by atoms with van der Waals surface area (Å²) in [4.78, 5) is 50.6. The van der Waals surface area contributed by atoms with Crippen LogP contribution < -0.4 is 26.8 Å². The quantitative estimate of drug-likeness (QED) is 0.506. The van der Waals surface area contributed by atoms with Gasteiger partial charge in [-0.3, -0.25) is 24.0 Å². The molecule has 2 aromatic heterocycles. The van der Waals surface area contributed by atoms with Crippen LogP contribution in [0.15, 0.2) is 58.3 Å². The molecule has 1 fully saturated rings. The number of aromatic amines is 1. The summed E-state index contributed by atoms with van der Waals surface area (Å²) in [5.74, 6) is 0.555. The molecule has 1 amide bonds. The molecule has 1 aromatic carbocycles. The fourth-order valence-corrected chi connectivity index (χ4v) is 4.30. The number of carbonyl (C=O) groups excluding carboxylic acids is 1. The average Bonchev–Trinajstić information content (AvgIpc) is 2.86. The summed E-state index contributed by atoms with van der Waals surface area (Å²) < 4.78 is 1.28. The number of aromatic nitrogens is 3. The molecule has 3 heterocycles. The van der Waals surface area contributed by atoms with Crippen LogP contribution in [0.4, 0.5) is 17.3 Å². The van der Waals surface area contributed by atoms with Gasteiger partial charge in [-0.05, 0) is 24.6 Å². The third kappa shape index (κ3) is 5.55. The molecule has 0 radical (unpaired) electrons. The van der Waals surface area contributed by atoms with E-state index in [-0.39, 0.29) is 37.0 Å². The number of amides is 1. The number of halogens is 1. The topological polar surface area (TPSA) is 121 Å². The van der Waals surface area contributed by atoms with Gasteiger partial charge in [-0.25, -0.2) is 9.78 Å². The first-order chi connectivity index (χ1) is 16.9. The maximum absolute atomic E-state index is 13.2. The van der Waals surface area contributed by atoms with Gasteiger partial charge in [-0.2, -0.15) is 0 Å². The zero-order chi connectivity index (χ0) is 24.9. The highest BCUT2D eigenvalue weighted by Gasteiger charge is 2.26. The molecule has 4 rings (SSSR count). The van der Waals surface area contributed by atoms with Crippen LogP contribution in [0, 0.1) is 0 Å². The van der Waals surface area contributed by atoms with Crippen LogP contribution in [0.5, 0.6) is 0 Å². The fraction of sp³-hybridized carbons (Fsp3) is 0.333. The molecule has 11 heteroatoms. The van der Waals surface area contributed by atoms with Crippen LogP contribution in [0.1, 0.15) is 12.5 Å². The number of hydrogen-bond acceptors (Lipinski definition) is 7. The average molecular weight is 498 g/mol. The molecule has 184 valence electrons. The molecule has 0 aliphatic carbocycles. The smallest absolute Gasteiger partial charge is 0.330 e. The van der Waals surface area contributed by atoms with E-state index in [2.05, 4.69) is 14.9 Å². The van der Waals surface area contributed by atoms with Crippen LogP contribution in [-0.2, 0) is 11.3 Å². The van der Waals surface area contributed by atoms with Gasteiger partial charge in [-0.15, -0.1) is 0 Å². The first-order valence-electron chi connectivity index (χ1n) is 11.4. The first-order valence-corrected chi connectivity index (χ1v) is 11.8. The molecule has 0 spiro atoms. The lowest BCUT2D eigenvalue weighted by Gasteiger charge is -2.36. The number of piperazine rings is 1. The maximum Gasteiger partial charge on any atom is 0.330 e. The molecule has 3 aromatic rings. The number of nitrogens with two attached hydrogens (primary N) is 1. The monoisotopic (exact) mass is 497 g/mol. The Morgan fingerprint density at radius 2 is 1.83 bits per heavy atom. The van der Waals surface area contributed by atoms with Gasteiger partial charge in [0.05, 0.1) is 18.1 Å². The Bertz CT molecular complexity index is 1280. The van der Waals surface area contributed by atoms with E-state index < -0.39 is 11.2 Å². The third-order valence-electron chi connectivity index (χ3n) is 6.05. The molecule has 3 N–H and O–H groups in total. The van der Waals surface area contributed by atoms with Gasteiger partial charge in [0, 0.05) is 38.9 Å². The number of nitrogen functional groups attached to an aromatic ring is 1. The number of carbonyl (C=O) groups is 1. The lowest BCUT2D eigenvalue weighted by molar-refractivity contribution is -0.119. The summed E-state index contributed by atoms with van der Waals surface area (Å²) in [5.41, 5.74) is 5.84. The van der Waals surface area contributed by atoms with Crippen molar-refractivity contribution in [1.82, 2.24) is 19.4 Å². The number of nitrogens with zero attached hydrogens (tertiary/aromatic N) is 5. The molecule has 0 atom stereocenters. The molecule has 1 saturated heterocycles. The molecule has 1 aliphatic rings. The van der Waals surface area contributed by atoms with Gasteiger partial charge in [0.15, 0.2) is 5.69 Å². The highest BCUT2D eigenvalue weighted by Crippen LogP contribution is 2.19. The standard InChI is InChI=1S/C24H28ClN7O3/c1-2-31(20(33)16-29-10-12-30(13-11-29)19-9-8-18(25)14-27-19)21-22(26)32(24(35)28-23(21)34)15-17-6-4-3-5-7-17/h3-9,14H,2,10-13,15-16,26H2,1H3,(H,28,34,35). The zero-order valence-corrected chi connectivity index (χ0v) is 20.2. The van der Waals surface area contributed by atoms with E-state index in [9.17, 15) is 14.4 Å². The van der Waals surface area contributed by atoms with Gasteiger partial charge < -0.3 is 15.5 Å². The molecular formula is C24H28ClN7O3. The van der Waals surface area contributed by atoms with E-state index in [1.54, 1.807) is 19.2 Å². The minimum atomic E-state index is -0.675. The van der Waals surface area contributed by atoms with Crippen molar-refractivity contribution in [1.29, 1.82) is 0 Å². The van der Waals surface area contributed by atoms with Crippen molar-refractivity contribution >= 4 is 34.8 Å². The van der Waals surface area contributed by atoms with Crippen molar-refractivity contribution < 1.29 is 4.79 Å². The summed E-state index contributed by atoms with van der Waals surface area (Å²) in [6.45, 7) is 5.06. The number of pyridine rings is 1. The first kappa shape index (κ1) is 24.5. The maximum atomic E-state index is 13.2. The van der Waals surface area contributed by atoms with Gasteiger partial charge in [0.1, 0.15) is 11.6 Å². The lowest BCUT2D eigenvalue weighted by Crippen LogP contribution is -2.51. The lowest BCUT2D eigenvalue weighted by atomic mass is 10.2. The molecular weight excluding hydrogens is 470 g/mol. The Morgan fingerprint density at radius 3 is 2.46 bits per heavy atom. The number of nitrogens with one attached hydrogen (secondary N) is 1. The van der Waals surface area contributed by atoms with E-state index in [4.69, 9.17) is 17.3 Å². The summed E-state index contributed by atoms with van der Waals surface area (Å²) in [6, 6.07) is 13.0. The molecule has 0 bridgehead atoms.